The molecule has 2 nitrogen and oxygen atoms in total. The van der Waals surface area contributed by atoms with Crippen LogP contribution in [0.4, 0.5) is 0 Å². The minimum Gasteiger partial charge on any atom is -0.351 e. The van der Waals surface area contributed by atoms with Gasteiger partial charge in [-0.25, -0.2) is 0 Å². The number of thioether (sulfide) groups is 1. The highest BCUT2D eigenvalue weighted by molar-refractivity contribution is 8.00. The SMILES string of the molecule is CC1(CN2Cc3ccccc3C2=N)CCCS1. The number of hydrogen-bond donors (Lipinski definition) is 1. The molecule has 2 heterocycles. The molecule has 1 saturated heterocycles. The van der Waals surface area contributed by atoms with Gasteiger partial charge in [-0.2, -0.15) is 11.8 Å². The third kappa shape index (κ3) is 1.97. The monoisotopic (exact) mass is 246 g/mol. The Bertz CT molecular complexity index is 449. The molecule has 0 spiro atoms. The van der Waals surface area contributed by atoms with Crippen LogP contribution in [-0.4, -0.2) is 27.8 Å². The fourth-order valence-corrected chi connectivity index (χ4v) is 4.16. The van der Waals surface area contributed by atoms with Crippen molar-refractivity contribution in [1.29, 1.82) is 5.41 Å². The molecule has 2 aliphatic rings. The van der Waals surface area contributed by atoms with Gasteiger partial charge >= 0.3 is 0 Å². The van der Waals surface area contributed by atoms with Gasteiger partial charge in [0.05, 0.1) is 0 Å². The second-order valence-electron chi connectivity index (χ2n) is 5.26. The molecule has 1 atom stereocenters. The molecule has 3 rings (SSSR count). The minimum absolute atomic E-state index is 0.355. The summed E-state index contributed by atoms with van der Waals surface area (Å²) in [7, 11) is 0. The zero-order valence-electron chi connectivity index (χ0n) is 10.2. The largest absolute Gasteiger partial charge is 0.351 e. The number of rotatable bonds is 2. The molecule has 17 heavy (non-hydrogen) atoms. The maximum absolute atomic E-state index is 8.26. The van der Waals surface area contributed by atoms with Crippen molar-refractivity contribution in [3.8, 4) is 0 Å². The molecule has 1 fully saturated rings. The van der Waals surface area contributed by atoms with Crippen LogP contribution >= 0.6 is 11.8 Å². The average molecular weight is 246 g/mol. The first-order valence-corrected chi connectivity index (χ1v) is 7.22. The summed E-state index contributed by atoms with van der Waals surface area (Å²) >= 11 is 2.07. The molecule has 0 bridgehead atoms. The molecule has 0 aromatic heterocycles. The van der Waals surface area contributed by atoms with Crippen LogP contribution in [0.3, 0.4) is 0 Å². The number of benzene rings is 1. The normalized spacial score (nSPS) is 27.6. The van der Waals surface area contributed by atoms with Crippen molar-refractivity contribution in [3.05, 3.63) is 35.4 Å². The molecular weight excluding hydrogens is 228 g/mol. The molecule has 1 unspecified atom stereocenters. The Kier molecular flexibility index (Phi) is 2.66. The molecule has 0 amide bonds. The van der Waals surface area contributed by atoms with Crippen LogP contribution in [0, 0.1) is 5.41 Å². The van der Waals surface area contributed by atoms with Gasteiger partial charge in [0, 0.05) is 23.4 Å². The highest BCUT2D eigenvalue weighted by Gasteiger charge is 2.34. The highest BCUT2D eigenvalue weighted by atomic mass is 32.2. The van der Waals surface area contributed by atoms with Crippen LogP contribution in [0.2, 0.25) is 0 Å². The Hall–Kier alpha value is -0.960. The van der Waals surface area contributed by atoms with E-state index in [1.165, 1.54) is 24.2 Å². The standard InChI is InChI=1S/C14H18N2S/c1-14(7-4-8-17-14)10-16-9-11-5-2-3-6-12(11)13(16)15/h2-3,5-6,15H,4,7-10H2,1H3. The molecule has 1 N–H and O–H groups in total. The van der Waals surface area contributed by atoms with Gasteiger partial charge in [-0.15, -0.1) is 0 Å². The lowest BCUT2D eigenvalue weighted by Gasteiger charge is -2.30. The first kappa shape index (κ1) is 11.1. The second-order valence-corrected chi connectivity index (χ2v) is 6.95. The van der Waals surface area contributed by atoms with E-state index in [4.69, 9.17) is 5.41 Å². The molecular formula is C14H18N2S. The highest BCUT2D eigenvalue weighted by Crippen LogP contribution is 2.39. The summed E-state index contributed by atoms with van der Waals surface area (Å²) < 4.78 is 0.355. The third-order valence-corrected chi connectivity index (χ3v) is 5.30. The molecule has 1 aromatic carbocycles. The van der Waals surface area contributed by atoms with Crippen molar-refractivity contribution in [1.82, 2.24) is 4.90 Å². The second kappa shape index (κ2) is 4.05. The van der Waals surface area contributed by atoms with Gasteiger partial charge in [0.1, 0.15) is 5.84 Å². The fraction of sp³-hybridized carbons (Fsp3) is 0.500. The Morgan fingerprint density at radius 1 is 1.41 bits per heavy atom. The van der Waals surface area contributed by atoms with E-state index >= 15 is 0 Å². The van der Waals surface area contributed by atoms with Gasteiger partial charge in [-0.1, -0.05) is 24.3 Å². The van der Waals surface area contributed by atoms with Crippen LogP contribution in [0.15, 0.2) is 24.3 Å². The zero-order valence-corrected chi connectivity index (χ0v) is 11.0. The Morgan fingerprint density at radius 2 is 2.24 bits per heavy atom. The molecule has 3 heteroatoms. The summed E-state index contributed by atoms with van der Waals surface area (Å²) in [4.78, 5) is 2.24. The average Bonchev–Trinajstić information content (AvgIpc) is 2.86. The van der Waals surface area contributed by atoms with Crippen molar-refractivity contribution >= 4 is 17.6 Å². The summed E-state index contributed by atoms with van der Waals surface area (Å²) in [6, 6.07) is 8.32. The van der Waals surface area contributed by atoms with Crippen molar-refractivity contribution in [3.63, 3.8) is 0 Å². The Balaban J connectivity index is 1.78. The van der Waals surface area contributed by atoms with E-state index in [1.807, 2.05) is 6.07 Å². The van der Waals surface area contributed by atoms with Crippen molar-refractivity contribution < 1.29 is 0 Å². The minimum atomic E-state index is 0.355. The van der Waals surface area contributed by atoms with Crippen LogP contribution in [-0.2, 0) is 6.54 Å². The summed E-state index contributed by atoms with van der Waals surface area (Å²) in [6.45, 7) is 4.29. The lowest BCUT2D eigenvalue weighted by atomic mass is 10.1. The summed E-state index contributed by atoms with van der Waals surface area (Å²) in [5.41, 5.74) is 2.43. The van der Waals surface area contributed by atoms with Crippen LogP contribution in [0.25, 0.3) is 0 Å². The van der Waals surface area contributed by atoms with Crippen molar-refractivity contribution in [2.24, 2.45) is 0 Å². The summed E-state index contributed by atoms with van der Waals surface area (Å²) in [6.07, 6.45) is 2.62. The first-order chi connectivity index (χ1) is 8.18. The van der Waals surface area contributed by atoms with E-state index in [0.717, 1.165) is 18.7 Å². The summed E-state index contributed by atoms with van der Waals surface area (Å²) in [5, 5.41) is 8.26. The predicted octanol–water partition coefficient (Wildman–Crippen LogP) is 3.11. The number of fused-ring (bicyclic) bond motifs is 1. The maximum Gasteiger partial charge on any atom is 0.128 e. The van der Waals surface area contributed by atoms with Gasteiger partial charge in [0.2, 0.25) is 0 Å². The Morgan fingerprint density at radius 3 is 2.94 bits per heavy atom. The van der Waals surface area contributed by atoms with Crippen LogP contribution in [0.1, 0.15) is 30.9 Å². The number of nitrogens with zero attached hydrogens (tertiary/aromatic N) is 1. The van der Waals surface area contributed by atoms with Crippen LogP contribution in [0.5, 0.6) is 0 Å². The van der Waals surface area contributed by atoms with E-state index in [2.05, 4.69) is 41.8 Å². The van der Waals surface area contributed by atoms with Crippen molar-refractivity contribution in [2.75, 3.05) is 12.3 Å². The zero-order chi connectivity index (χ0) is 11.9. The fourth-order valence-electron chi connectivity index (χ4n) is 2.84. The number of amidine groups is 1. The van der Waals surface area contributed by atoms with E-state index in [9.17, 15) is 0 Å². The van der Waals surface area contributed by atoms with E-state index in [0.29, 0.717) is 10.6 Å². The van der Waals surface area contributed by atoms with Crippen LogP contribution < -0.4 is 0 Å². The smallest absolute Gasteiger partial charge is 0.128 e. The molecule has 1 aromatic rings. The summed E-state index contributed by atoms with van der Waals surface area (Å²) in [5.74, 6) is 2.00. The van der Waals surface area contributed by atoms with Gasteiger partial charge in [0.25, 0.3) is 0 Å². The molecule has 2 aliphatic heterocycles. The first-order valence-electron chi connectivity index (χ1n) is 6.24. The molecule has 0 radical (unpaired) electrons. The van der Waals surface area contributed by atoms with E-state index < -0.39 is 0 Å². The molecule has 0 saturated carbocycles. The molecule has 0 aliphatic carbocycles. The van der Waals surface area contributed by atoms with Crippen molar-refractivity contribution in [2.45, 2.75) is 31.1 Å². The lowest BCUT2D eigenvalue weighted by molar-refractivity contribution is 0.373. The Labute approximate surface area is 107 Å². The quantitative estimate of drug-likeness (QED) is 0.868. The number of hydrogen-bond acceptors (Lipinski definition) is 2. The third-order valence-electron chi connectivity index (χ3n) is 3.78. The predicted molar refractivity (Wildman–Crippen MR) is 73.8 cm³/mol. The molecule has 90 valence electrons. The van der Waals surface area contributed by atoms with Gasteiger partial charge in [-0.05, 0) is 31.1 Å². The van der Waals surface area contributed by atoms with E-state index in [-0.39, 0.29) is 0 Å². The van der Waals surface area contributed by atoms with Gasteiger partial charge in [0.15, 0.2) is 0 Å². The van der Waals surface area contributed by atoms with E-state index in [1.54, 1.807) is 0 Å². The lowest BCUT2D eigenvalue weighted by Crippen LogP contribution is -2.37. The topological polar surface area (TPSA) is 27.1 Å². The van der Waals surface area contributed by atoms with Gasteiger partial charge < -0.3 is 4.90 Å². The number of nitrogens with one attached hydrogen (secondary N) is 1. The maximum atomic E-state index is 8.26. The van der Waals surface area contributed by atoms with Gasteiger partial charge in [-0.3, -0.25) is 5.41 Å².